The highest BCUT2D eigenvalue weighted by atomic mass is 19.1. The summed E-state index contributed by atoms with van der Waals surface area (Å²) in [5, 5.41) is 18.2. The molecule has 10 nitrogen and oxygen atoms in total. The van der Waals surface area contributed by atoms with Crippen LogP contribution in [0.2, 0.25) is 0 Å². The Bertz CT molecular complexity index is 1680. The van der Waals surface area contributed by atoms with Crippen LogP contribution in [0.3, 0.4) is 0 Å². The summed E-state index contributed by atoms with van der Waals surface area (Å²) in [7, 11) is 0. The molecule has 0 unspecified atom stereocenters. The SMILES string of the molecule is Cc1cc2c(c(-c3ccc(F)cc3)n1)C(=O)N(C(=O)O)CC2.Cc1cc2c(c(-c3ccc(F)cc3)n1)C(=O)N(C(=O)O)CC2. The number of carbonyl (C=O) groups is 4. The summed E-state index contributed by atoms with van der Waals surface area (Å²) in [6.45, 7) is 3.88. The van der Waals surface area contributed by atoms with Gasteiger partial charge in [-0.2, -0.15) is 0 Å². The Labute approximate surface area is 250 Å². The van der Waals surface area contributed by atoms with Crippen molar-refractivity contribution >= 4 is 24.0 Å². The number of nitrogens with zero attached hydrogens (tertiary/aromatic N) is 4. The van der Waals surface area contributed by atoms with Crippen LogP contribution in [-0.4, -0.2) is 67.1 Å². The molecule has 0 fully saturated rings. The highest BCUT2D eigenvalue weighted by Crippen LogP contribution is 2.31. The van der Waals surface area contributed by atoms with Crippen molar-refractivity contribution in [1.82, 2.24) is 19.8 Å². The number of halogens is 2. The number of amides is 4. The second kappa shape index (κ2) is 12.0. The normalized spacial score (nSPS) is 13.9. The number of carboxylic acid groups (broad SMARTS) is 2. The zero-order valence-corrected chi connectivity index (χ0v) is 23.7. The van der Waals surface area contributed by atoms with Crippen LogP contribution >= 0.6 is 0 Å². The number of rotatable bonds is 2. The molecule has 2 aromatic heterocycles. The third-order valence-corrected chi connectivity index (χ3v) is 7.28. The number of hydrogen-bond donors (Lipinski definition) is 2. The lowest BCUT2D eigenvalue weighted by molar-refractivity contribution is 0.0713. The second-order valence-electron chi connectivity index (χ2n) is 10.3. The van der Waals surface area contributed by atoms with Crippen molar-refractivity contribution in [1.29, 1.82) is 0 Å². The van der Waals surface area contributed by atoms with E-state index in [-0.39, 0.29) is 35.9 Å². The van der Waals surface area contributed by atoms with Gasteiger partial charge in [0.2, 0.25) is 0 Å². The topological polar surface area (TPSA) is 141 Å². The maximum absolute atomic E-state index is 13.1. The lowest BCUT2D eigenvalue weighted by atomic mass is 9.94. The standard InChI is InChI=1S/2C16H13FN2O3/c2*1-9-8-11-6-7-19(16(21)22)15(20)13(11)14(18-9)10-2-4-12(17)5-3-10/h2*2-5,8H,6-7H2,1H3,(H,21,22). The molecular formula is C32H26F2N4O6. The van der Waals surface area contributed by atoms with Gasteiger partial charge in [0.05, 0.1) is 22.5 Å². The van der Waals surface area contributed by atoms with Gasteiger partial charge >= 0.3 is 12.2 Å². The first kappa shape index (κ1) is 30.0. The Morgan fingerprint density at radius 1 is 0.659 bits per heavy atom. The fourth-order valence-corrected chi connectivity index (χ4v) is 5.29. The van der Waals surface area contributed by atoms with Crippen LogP contribution in [0.4, 0.5) is 18.4 Å². The van der Waals surface area contributed by atoms with Crippen LogP contribution in [0.15, 0.2) is 60.7 Å². The Morgan fingerprint density at radius 2 is 1.00 bits per heavy atom. The van der Waals surface area contributed by atoms with Gasteiger partial charge in [0, 0.05) is 35.6 Å². The number of carbonyl (C=O) groups excluding carboxylic acids is 2. The average Bonchev–Trinajstić information content (AvgIpc) is 2.97. The van der Waals surface area contributed by atoms with Gasteiger partial charge in [-0.1, -0.05) is 0 Å². The molecule has 0 bridgehead atoms. The first-order valence-corrected chi connectivity index (χ1v) is 13.6. The number of imide groups is 2. The number of benzene rings is 2. The Kier molecular flexibility index (Phi) is 8.17. The van der Waals surface area contributed by atoms with E-state index in [1.165, 1.54) is 48.5 Å². The van der Waals surface area contributed by atoms with Crippen LogP contribution in [0.5, 0.6) is 0 Å². The van der Waals surface area contributed by atoms with Crippen LogP contribution in [0.1, 0.15) is 43.2 Å². The van der Waals surface area contributed by atoms with Crippen molar-refractivity contribution in [3.05, 3.63) is 106 Å². The van der Waals surface area contributed by atoms with Crippen LogP contribution in [0.25, 0.3) is 22.5 Å². The van der Waals surface area contributed by atoms with Gasteiger partial charge in [-0.3, -0.25) is 19.6 Å². The molecule has 2 aromatic carbocycles. The zero-order valence-electron chi connectivity index (χ0n) is 23.7. The molecule has 2 aliphatic rings. The fourth-order valence-electron chi connectivity index (χ4n) is 5.29. The number of pyridine rings is 2. The van der Waals surface area contributed by atoms with Crippen molar-refractivity contribution in [2.45, 2.75) is 26.7 Å². The Hall–Kier alpha value is -5.52. The zero-order chi connectivity index (χ0) is 31.7. The van der Waals surface area contributed by atoms with E-state index >= 15 is 0 Å². The Morgan fingerprint density at radius 3 is 1.32 bits per heavy atom. The molecule has 2 aliphatic heterocycles. The molecule has 4 aromatic rings. The summed E-state index contributed by atoms with van der Waals surface area (Å²) in [4.78, 5) is 57.6. The number of aryl methyl sites for hydroxylation is 2. The van der Waals surface area contributed by atoms with Crippen molar-refractivity contribution < 1.29 is 38.2 Å². The maximum atomic E-state index is 13.1. The Balaban J connectivity index is 0.000000175. The van der Waals surface area contributed by atoms with Crippen molar-refractivity contribution in [2.75, 3.05) is 13.1 Å². The van der Waals surface area contributed by atoms with Crippen molar-refractivity contribution in [3.8, 4) is 22.5 Å². The molecule has 0 spiro atoms. The quantitative estimate of drug-likeness (QED) is 0.297. The van der Waals surface area contributed by atoms with Crippen LogP contribution in [0, 0.1) is 25.5 Å². The molecule has 44 heavy (non-hydrogen) atoms. The molecule has 0 saturated carbocycles. The first-order valence-electron chi connectivity index (χ1n) is 13.6. The highest BCUT2D eigenvalue weighted by Gasteiger charge is 2.33. The van der Waals surface area contributed by atoms with E-state index < -0.39 is 24.0 Å². The predicted octanol–water partition coefficient (Wildman–Crippen LogP) is 5.74. The molecular weight excluding hydrogens is 574 g/mol. The van der Waals surface area contributed by atoms with E-state index in [0.717, 1.165) is 32.3 Å². The van der Waals surface area contributed by atoms with Gasteiger partial charge in [0.1, 0.15) is 11.6 Å². The molecule has 2 N–H and O–H groups in total. The monoisotopic (exact) mass is 600 g/mol. The van der Waals surface area contributed by atoms with Gasteiger partial charge in [-0.25, -0.2) is 28.2 Å². The molecule has 0 aliphatic carbocycles. The lowest BCUT2D eigenvalue weighted by Crippen LogP contribution is -2.41. The van der Waals surface area contributed by atoms with E-state index in [0.29, 0.717) is 35.4 Å². The molecule has 6 rings (SSSR count). The van der Waals surface area contributed by atoms with E-state index in [4.69, 9.17) is 10.2 Å². The van der Waals surface area contributed by atoms with Crippen molar-refractivity contribution in [2.24, 2.45) is 0 Å². The summed E-state index contributed by atoms with van der Waals surface area (Å²) in [6.07, 6.45) is -1.65. The van der Waals surface area contributed by atoms with Crippen LogP contribution < -0.4 is 0 Å². The van der Waals surface area contributed by atoms with Gasteiger partial charge in [0.15, 0.2) is 0 Å². The molecule has 4 heterocycles. The van der Waals surface area contributed by atoms with Crippen LogP contribution in [-0.2, 0) is 12.8 Å². The fraction of sp³-hybridized carbons (Fsp3) is 0.188. The van der Waals surface area contributed by atoms with Crippen molar-refractivity contribution in [3.63, 3.8) is 0 Å². The van der Waals surface area contributed by atoms with E-state index in [1.54, 1.807) is 26.0 Å². The average molecular weight is 601 g/mol. The number of fused-ring (bicyclic) bond motifs is 2. The molecule has 0 saturated heterocycles. The minimum atomic E-state index is -1.28. The van der Waals surface area contributed by atoms with E-state index in [2.05, 4.69) is 9.97 Å². The van der Waals surface area contributed by atoms with E-state index in [9.17, 15) is 28.0 Å². The first-order chi connectivity index (χ1) is 20.9. The third kappa shape index (κ3) is 5.87. The lowest BCUT2D eigenvalue weighted by Gasteiger charge is -2.26. The minimum absolute atomic E-state index is 0.132. The molecule has 12 heteroatoms. The molecule has 4 amide bonds. The van der Waals surface area contributed by atoms with Gasteiger partial charge in [-0.15, -0.1) is 0 Å². The molecule has 224 valence electrons. The smallest absolute Gasteiger partial charge is 0.414 e. The number of aromatic nitrogens is 2. The van der Waals surface area contributed by atoms with Gasteiger partial charge in [0.25, 0.3) is 11.8 Å². The molecule has 0 radical (unpaired) electrons. The van der Waals surface area contributed by atoms with Gasteiger partial charge < -0.3 is 10.2 Å². The number of hydrogen-bond acceptors (Lipinski definition) is 6. The summed E-state index contributed by atoms with van der Waals surface area (Å²) >= 11 is 0. The summed E-state index contributed by atoms with van der Waals surface area (Å²) in [5.74, 6) is -1.94. The largest absolute Gasteiger partial charge is 0.465 e. The third-order valence-electron chi connectivity index (χ3n) is 7.28. The summed E-state index contributed by atoms with van der Waals surface area (Å²) in [5.41, 5.74) is 5.53. The van der Waals surface area contributed by atoms with Gasteiger partial charge in [-0.05, 0) is 98.5 Å². The maximum Gasteiger partial charge on any atom is 0.414 e. The van der Waals surface area contributed by atoms with E-state index in [1.807, 2.05) is 0 Å². The molecule has 0 atom stereocenters. The highest BCUT2D eigenvalue weighted by molar-refractivity contribution is 6.09. The predicted molar refractivity (Wildman–Crippen MR) is 154 cm³/mol. The summed E-state index contributed by atoms with van der Waals surface area (Å²) < 4.78 is 26.2. The second-order valence-corrected chi connectivity index (χ2v) is 10.3. The minimum Gasteiger partial charge on any atom is -0.465 e. The summed E-state index contributed by atoms with van der Waals surface area (Å²) in [6, 6.07) is 14.9.